The van der Waals surface area contributed by atoms with Gasteiger partial charge in [-0.1, -0.05) is 27.7 Å². The predicted molar refractivity (Wildman–Crippen MR) is 78.0 cm³/mol. The molecule has 0 radical (unpaired) electrons. The van der Waals surface area contributed by atoms with Crippen LogP contribution in [0.2, 0.25) is 0 Å². The molecule has 0 aromatic carbocycles. The van der Waals surface area contributed by atoms with Crippen molar-refractivity contribution in [2.24, 2.45) is 11.8 Å². The molecular formula is C14H26N2O5. The summed E-state index contributed by atoms with van der Waals surface area (Å²) in [5.74, 6) is -1.95. The third-order valence-electron chi connectivity index (χ3n) is 2.60. The first-order valence-electron chi connectivity index (χ1n) is 7.05. The molecule has 0 bridgehead atoms. The lowest BCUT2D eigenvalue weighted by molar-refractivity contribution is -0.143. The molecule has 0 fully saturated rings. The van der Waals surface area contributed by atoms with Gasteiger partial charge in [0.15, 0.2) is 0 Å². The Kier molecular flexibility index (Phi) is 8.61. The summed E-state index contributed by atoms with van der Waals surface area (Å²) < 4.78 is 0. The molecular weight excluding hydrogens is 276 g/mol. The number of carboxylic acids is 2. The summed E-state index contributed by atoms with van der Waals surface area (Å²) in [5.41, 5.74) is 0. The average molecular weight is 302 g/mol. The molecule has 7 nitrogen and oxygen atoms in total. The maximum atomic E-state index is 12.3. The minimum absolute atomic E-state index is 0.196. The zero-order valence-electron chi connectivity index (χ0n) is 13.2. The summed E-state index contributed by atoms with van der Waals surface area (Å²) in [4.78, 5) is 36.6. The number of carbonyl (C=O) groups excluding carboxylic acids is 1. The normalized spacial score (nSPS) is 11.2. The van der Waals surface area contributed by atoms with Crippen molar-refractivity contribution in [3.8, 4) is 0 Å². The summed E-state index contributed by atoms with van der Waals surface area (Å²) in [6.45, 7) is 8.00. The van der Waals surface area contributed by atoms with E-state index in [2.05, 4.69) is 0 Å². The molecule has 0 saturated carbocycles. The predicted octanol–water partition coefficient (Wildman–Crippen LogP) is 0.598. The summed E-state index contributed by atoms with van der Waals surface area (Å²) >= 11 is 0. The zero-order chi connectivity index (χ0) is 16.6. The number of carbonyl (C=O) groups is 3. The van der Waals surface area contributed by atoms with Crippen LogP contribution >= 0.6 is 0 Å². The number of hydrogen-bond acceptors (Lipinski definition) is 4. The highest BCUT2D eigenvalue weighted by atomic mass is 16.4. The fourth-order valence-electron chi connectivity index (χ4n) is 2.00. The van der Waals surface area contributed by atoms with Crippen LogP contribution in [0, 0.1) is 11.8 Å². The number of amides is 1. The van der Waals surface area contributed by atoms with Crippen molar-refractivity contribution >= 4 is 17.8 Å². The minimum Gasteiger partial charge on any atom is -0.480 e. The Morgan fingerprint density at radius 1 is 0.810 bits per heavy atom. The van der Waals surface area contributed by atoms with Crippen LogP contribution in [-0.4, -0.2) is 70.6 Å². The Balaban J connectivity index is 4.78. The van der Waals surface area contributed by atoms with Gasteiger partial charge in [0.2, 0.25) is 5.91 Å². The van der Waals surface area contributed by atoms with E-state index in [0.29, 0.717) is 24.9 Å². The molecule has 0 spiro atoms. The lowest BCUT2D eigenvalue weighted by Crippen LogP contribution is -2.46. The zero-order valence-corrected chi connectivity index (χ0v) is 13.2. The van der Waals surface area contributed by atoms with Crippen molar-refractivity contribution < 1.29 is 24.6 Å². The molecule has 0 aliphatic carbocycles. The summed E-state index contributed by atoms with van der Waals surface area (Å²) in [5, 5.41) is 17.6. The van der Waals surface area contributed by atoms with E-state index in [9.17, 15) is 14.4 Å². The third-order valence-corrected chi connectivity index (χ3v) is 2.60. The number of rotatable bonds is 10. The van der Waals surface area contributed by atoms with Gasteiger partial charge in [0.05, 0.1) is 19.6 Å². The Bertz CT molecular complexity index is 342. The Morgan fingerprint density at radius 2 is 1.19 bits per heavy atom. The summed E-state index contributed by atoms with van der Waals surface area (Å²) in [6.07, 6.45) is 0. The molecule has 1 amide bonds. The summed E-state index contributed by atoms with van der Waals surface area (Å²) in [6, 6.07) is 0. The number of nitrogens with zero attached hydrogens (tertiary/aromatic N) is 2. The molecule has 2 N–H and O–H groups in total. The van der Waals surface area contributed by atoms with E-state index in [1.165, 1.54) is 0 Å². The number of hydrogen-bond donors (Lipinski definition) is 2. The molecule has 0 rings (SSSR count). The van der Waals surface area contributed by atoms with Gasteiger partial charge in [-0.25, -0.2) is 0 Å². The molecule has 0 heterocycles. The van der Waals surface area contributed by atoms with E-state index in [1.807, 2.05) is 27.7 Å². The fourth-order valence-corrected chi connectivity index (χ4v) is 2.00. The molecule has 0 aromatic heterocycles. The van der Waals surface area contributed by atoms with Crippen LogP contribution in [-0.2, 0) is 14.4 Å². The van der Waals surface area contributed by atoms with Gasteiger partial charge < -0.3 is 15.1 Å². The molecule has 0 aliphatic heterocycles. The van der Waals surface area contributed by atoms with Crippen LogP contribution in [0.1, 0.15) is 27.7 Å². The monoisotopic (exact) mass is 302 g/mol. The lowest BCUT2D eigenvalue weighted by Gasteiger charge is -2.28. The number of carboxylic acid groups (broad SMARTS) is 2. The lowest BCUT2D eigenvalue weighted by atomic mass is 10.1. The first kappa shape index (κ1) is 19.4. The van der Waals surface area contributed by atoms with Gasteiger partial charge in [-0.15, -0.1) is 0 Å². The van der Waals surface area contributed by atoms with Crippen LogP contribution in [0.15, 0.2) is 0 Å². The van der Waals surface area contributed by atoms with E-state index in [-0.39, 0.29) is 12.5 Å². The van der Waals surface area contributed by atoms with Gasteiger partial charge in [0.25, 0.3) is 0 Å². The van der Waals surface area contributed by atoms with Crippen LogP contribution in [0.25, 0.3) is 0 Å². The first-order chi connectivity index (χ1) is 9.61. The van der Waals surface area contributed by atoms with E-state index in [4.69, 9.17) is 10.2 Å². The van der Waals surface area contributed by atoms with E-state index < -0.39 is 25.0 Å². The fraction of sp³-hybridized carbons (Fsp3) is 0.786. The van der Waals surface area contributed by atoms with Gasteiger partial charge >= 0.3 is 11.9 Å². The second kappa shape index (κ2) is 9.33. The van der Waals surface area contributed by atoms with Gasteiger partial charge in [0.1, 0.15) is 0 Å². The van der Waals surface area contributed by atoms with Gasteiger partial charge in [-0.3, -0.25) is 19.3 Å². The standard InChI is InChI=1S/C14H26N2O5/c1-10(2)5-16(6-11(3)4)12(17)7-15(8-13(18)19)9-14(20)21/h10-11H,5-9H2,1-4H3,(H,18,19)(H,20,21). The SMILES string of the molecule is CC(C)CN(CC(C)C)C(=O)CN(CC(=O)O)CC(=O)O. The highest BCUT2D eigenvalue weighted by molar-refractivity contribution is 5.80. The highest BCUT2D eigenvalue weighted by Gasteiger charge is 2.22. The molecule has 0 aromatic rings. The quantitative estimate of drug-likeness (QED) is 0.613. The second-order valence-electron chi connectivity index (χ2n) is 6.02. The molecule has 0 atom stereocenters. The first-order valence-corrected chi connectivity index (χ1v) is 7.05. The van der Waals surface area contributed by atoms with Crippen LogP contribution in [0.3, 0.4) is 0 Å². The van der Waals surface area contributed by atoms with Gasteiger partial charge in [0, 0.05) is 13.1 Å². The molecule has 0 saturated heterocycles. The molecule has 0 aliphatic rings. The van der Waals surface area contributed by atoms with Crippen molar-refractivity contribution in [2.45, 2.75) is 27.7 Å². The largest absolute Gasteiger partial charge is 0.480 e. The van der Waals surface area contributed by atoms with Crippen LogP contribution < -0.4 is 0 Å². The van der Waals surface area contributed by atoms with Crippen LogP contribution in [0.5, 0.6) is 0 Å². The van der Waals surface area contributed by atoms with Crippen LogP contribution in [0.4, 0.5) is 0 Å². The average Bonchev–Trinajstić information content (AvgIpc) is 2.24. The van der Waals surface area contributed by atoms with Crippen molar-refractivity contribution in [1.82, 2.24) is 9.80 Å². The third kappa shape index (κ3) is 9.84. The Morgan fingerprint density at radius 3 is 1.48 bits per heavy atom. The Labute approximate surface area is 125 Å². The molecule has 21 heavy (non-hydrogen) atoms. The molecule has 122 valence electrons. The molecule has 0 unspecified atom stereocenters. The second-order valence-corrected chi connectivity index (χ2v) is 6.02. The highest BCUT2D eigenvalue weighted by Crippen LogP contribution is 2.05. The Hall–Kier alpha value is -1.63. The minimum atomic E-state index is -1.15. The van der Waals surface area contributed by atoms with Gasteiger partial charge in [-0.2, -0.15) is 0 Å². The number of aliphatic carboxylic acids is 2. The van der Waals surface area contributed by atoms with E-state index in [0.717, 1.165) is 4.90 Å². The van der Waals surface area contributed by atoms with Crippen molar-refractivity contribution in [1.29, 1.82) is 0 Å². The smallest absolute Gasteiger partial charge is 0.317 e. The van der Waals surface area contributed by atoms with E-state index in [1.54, 1.807) is 4.90 Å². The summed E-state index contributed by atoms with van der Waals surface area (Å²) in [7, 11) is 0. The van der Waals surface area contributed by atoms with Crippen molar-refractivity contribution in [2.75, 3.05) is 32.7 Å². The van der Waals surface area contributed by atoms with Crippen molar-refractivity contribution in [3.63, 3.8) is 0 Å². The van der Waals surface area contributed by atoms with E-state index >= 15 is 0 Å². The topological polar surface area (TPSA) is 98.2 Å². The maximum absolute atomic E-state index is 12.3. The maximum Gasteiger partial charge on any atom is 0.317 e. The van der Waals surface area contributed by atoms with Gasteiger partial charge in [-0.05, 0) is 11.8 Å². The van der Waals surface area contributed by atoms with Crippen molar-refractivity contribution in [3.05, 3.63) is 0 Å². The molecule has 7 heteroatoms.